The number of nitrogens with zero attached hydrogens (tertiary/aromatic N) is 2. The number of urea groups is 1. The molecular formula is C12H18N4O4. The highest BCUT2D eigenvalue weighted by atomic mass is 16.5. The first-order chi connectivity index (χ1) is 9.66. The summed E-state index contributed by atoms with van der Waals surface area (Å²) >= 11 is 0. The summed E-state index contributed by atoms with van der Waals surface area (Å²) in [5, 5.41) is 11.7. The molecule has 3 N–H and O–H groups in total. The van der Waals surface area contributed by atoms with Gasteiger partial charge in [-0.05, 0) is 6.42 Å². The Hall–Kier alpha value is -2.09. The average molecular weight is 282 g/mol. The second-order valence-electron chi connectivity index (χ2n) is 4.57. The first kappa shape index (κ1) is 14.3. The van der Waals surface area contributed by atoms with Gasteiger partial charge in [-0.25, -0.2) is 14.6 Å². The highest BCUT2D eigenvalue weighted by Crippen LogP contribution is 2.03. The predicted octanol–water partition coefficient (Wildman–Crippen LogP) is -0.163. The van der Waals surface area contributed by atoms with Crippen molar-refractivity contribution in [1.82, 2.24) is 20.2 Å². The van der Waals surface area contributed by atoms with Crippen LogP contribution < -0.4 is 5.32 Å². The zero-order valence-corrected chi connectivity index (χ0v) is 11.0. The number of ether oxygens (including phenoxy) is 1. The number of rotatable bonds is 4. The van der Waals surface area contributed by atoms with E-state index in [9.17, 15) is 14.7 Å². The quantitative estimate of drug-likeness (QED) is 0.711. The summed E-state index contributed by atoms with van der Waals surface area (Å²) in [7, 11) is 0. The van der Waals surface area contributed by atoms with Crippen molar-refractivity contribution in [2.75, 3.05) is 26.3 Å². The van der Waals surface area contributed by atoms with Crippen LogP contribution in [-0.2, 0) is 16.0 Å². The second kappa shape index (κ2) is 6.90. The third kappa shape index (κ3) is 3.95. The number of amides is 2. The molecule has 20 heavy (non-hydrogen) atoms. The minimum absolute atomic E-state index is 0.172. The van der Waals surface area contributed by atoms with Crippen LogP contribution >= 0.6 is 0 Å². The zero-order chi connectivity index (χ0) is 14.4. The van der Waals surface area contributed by atoms with E-state index in [1.165, 1.54) is 6.33 Å². The van der Waals surface area contributed by atoms with Crippen molar-refractivity contribution in [2.45, 2.75) is 18.9 Å². The molecule has 0 aliphatic carbocycles. The first-order valence-corrected chi connectivity index (χ1v) is 6.50. The summed E-state index contributed by atoms with van der Waals surface area (Å²) in [5.74, 6) is -1.07. The van der Waals surface area contributed by atoms with Crippen LogP contribution in [-0.4, -0.2) is 64.3 Å². The van der Waals surface area contributed by atoms with Gasteiger partial charge >= 0.3 is 12.0 Å². The van der Waals surface area contributed by atoms with Crippen LogP contribution in [0.4, 0.5) is 4.79 Å². The number of carboxylic acid groups (broad SMARTS) is 1. The molecule has 0 radical (unpaired) electrons. The van der Waals surface area contributed by atoms with Gasteiger partial charge in [0.1, 0.15) is 6.04 Å². The largest absolute Gasteiger partial charge is 0.480 e. The van der Waals surface area contributed by atoms with Crippen LogP contribution in [0.3, 0.4) is 0 Å². The Balaban J connectivity index is 1.93. The molecule has 1 aromatic heterocycles. The van der Waals surface area contributed by atoms with Crippen LogP contribution in [0.25, 0.3) is 0 Å². The van der Waals surface area contributed by atoms with Crippen molar-refractivity contribution in [3.8, 4) is 0 Å². The van der Waals surface area contributed by atoms with E-state index in [0.717, 1.165) is 6.42 Å². The summed E-state index contributed by atoms with van der Waals surface area (Å²) in [6.07, 6.45) is 3.95. The molecule has 8 heteroatoms. The van der Waals surface area contributed by atoms with Gasteiger partial charge in [0, 0.05) is 38.0 Å². The Bertz CT molecular complexity index is 440. The number of nitrogens with one attached hydrogen (secondary N) is 2. The number of imidazole rings is 1. The van der Waals surface area contributed by atoms with Crippen molar-refractivity contribution in [1.29, 1.82) is 0 Å². The smallest absolute Gasteiger partial charge is 0.326 e. The van der Waals surface area contributed by atoms with E-state index < -0.39 is 12.0 Å². The molecule has 1 fully saturated rings. The van der Waals surface area contributed by atoms with E-state index in [1.807, 2.05) is 0 Å². The first-order valence-electron chi connectivity index (χ1n) is 6.50. The molecule has 1 aliphatic heterocycles. The number of hydrogen-bond donors (Lipinski definition) is 3. The maximum atomic E-state index is 12.1. The third-order valence-corrected chi connectivity index (χ3v) is 3.08. The highest BCUT2D eigenvalue weighted by molar-refractivity contribution is 5.82. The van der Waals surface area contributed by atoms with Gasteiger partial charge in [0.05, 0.1) is 12.9 Å². The molecule has 0 spiro atoms. The molecule has 1 aromatic rings. The molecule has 0 bridgehead atoms. The van der Waals surface area contributed by atoms with Crippen LogP contribution in [0.5, 0.6) is 0 Å². The number of aromatic amines is 1. The van der Waals surface area contributed by atoms with E-state index in [1.54, 1.807) is 11.1 Å². The molecule has 1 aliphatic rings. The molecule has 0 saturated carbocycles. The minimum Gasteiger partial charge on any atom is -0.480 e. The SMILES string of the molecule is O=C(O)C(Cc1cnc[nH]1)NC(=O)N1CCCOCC1. The summed E-state index contributed by atoms with van der Waals surface area (Å²) in [6, 6.07) is -1.35. The Labute approximate surface area is 116 Å². The molecule has 2 heterocycles. The number of carboxylic acids is 1. The lowest BCUT2D eigenvalue weighted by Gasteiger charge is -2.22. The number of H-pyrrole nitrogens is 1. The van der Waals surface area contributed by atoms with Crippen LogP contribution in [0.1, 0.15) is 12.1 Å². The van der Waals surface area contributed by atoms with Gasteiger partial charge in [-0.1, -0.05) is 0 Å². The Morgan fingerprint density at radius 3 is 3.05 bits per heavy atom. The third-order valence-electron chi connectivity index (χ3n) is 3.08. The lowest BCUT2D eigenvalue weighted by molar-refractivity contribution is -0.139. The van der Waals surface area contributed by atoms with Gasteiger partial charge in [0.25, 0.3) is 0 Å². The van der Waals surface area contributed by atoms with E-state index in [4.69, 9.17) is 4.74 Å². The molecule has 1 unspecified atom stereocenters. The molecule has 1 saturated heterocycles. The Morgan fingerprint density at radius 2 is 2.35 bits per heavy atom. The van der Waals surface area contributed by atoms with E-state index in [-0.39, 0.29) is 12.5 Å². The molecule has 2 rings (SSSR count). The number of aliphatic carboxylic acids is 1. The van der Waals surface area contributed by atoms with Gasteiger partial charge in [-0.3, -0.25) is 0 Å². The standard InChI is InChI=1S/C12H18N4O4/c17-11(18)10(6-9-7-13-8-14-9)15-12(19)16-2-1-4-20-5-3-16/h7-8,10H,1-6H2,(H,13,14)(H,15,19)(H,17,18). The van der Waals surface area contributed by atoms with E-state index in [2.05, 4.69) is 15.3 Å². The molecule has 8 nitrogen and oxygen atoms in total. The topological polar surface area (TPSA) is 108 Å². The van der Waals surface area contributed by atoms with Crippen molar-refractivity contribution >= 4 is 12.0 Å². The Kier molecular flexibility index (Phi) is 4.94. The number of hydrogen-bond acceptors (Lipinski definition) is 4. The number of aromatic nitrogens is 2. The molecule has 110 valence electrons. The fraction of sp³-hybridized carbons (Fsp3) is 0.583. The molecule has 0 aromatic carbocycles. The number of carbonyl (C=O) groups is 2. The van der Waals surface area contributed by atoms with Crippen molar-refractivity contribution in [3.63, 3.8) is 0 Å². The average Bonchev–Trinajstić information content (AvgIpc) is 2.77. The normalized spacial score (nSPS) is 17.3. The predicted molar refractivity (Wildman–Crippen MR) is 69.3 cm³/mol. The van der Waals surface area contributed by atoms with Crippen molar-refractivity contribution in [3.05, 3.63) is 18.2 Å². The van der Waals surface area contributed by atoms with Crippen LogP contribution in [0.2, 0.25) is 0 Å². The lowest BCUT2D eigenvalue weighted by Crippen LogP contribution is -2.49. The van der Waals surface area contributed by atoms with Gasteiger partial charge in [0.15, 0.2) is 0 Å². The van der Waals surface area contributed by atoms with Crippen molar-refractivity contribution < 1.29 is 19.4 Å². The van der Waals surface area contributed by atoms with E-state index in [0.29, 0.717) is 32.0 Å². The summed E-state index contributed by atoms with van der Waals surface area (Å²) in [6.45, 7) is 2.15. The van der Waals surface area contributed by atoms with Gasteiger partial charge in [-0.15, -0.1) is 0 Å². The highest BCUT2D eigenvalue weighted by Gasteiger charge is 2.24. The van der Waals surface area contributed by atoms with Gasteiger partial charge < -0.3 is 25.0 Å². The maximum absolute atomic E-state index is 12.1. The molecular weight excluding hydrogens is 264 g/mol. The summed E-state index contributed by atoms with van der Waals surface area (Å²) in [4.78, 5) is 31.5. The molecule has 2 amide bonds. The fourth-order valence-corrected chi connectivity index (χ4v) is 2.01. The number of carbonyl (C=O) groups excluding carboxylic acids is 1. The fourth-order valence-electron chi connectivity index (χ4n) is 2.01. The summed E-state index contributed by atoms with van der Waals surface area (Å²) < 4.78 is 5.26. The van der Waals surface area contributed by atoms with Crippen molar-refractivity contribution in [2.24, 2.45) is 0 Å². The molecule has 1 atom stereocenters. The van der Waals surface area contributed by atoms with Crippen LogP contribution in [0.15, 0.2) is 12.5 Å². The second-order valence-corrected chi connectivity index (χ2v) is 4.57. The van der Waals surface area contributed by atoms with E-state index >= 15 is 0 Å². The monoisotopic (exact) mass is 282 g/mol. The van der Waals surface area contributed by atoms with Crippen LogP contribution in [0, 0.1) is 0 Å². The maximum Gasteiger partial charge on any atom is 0.326 e. The summed E-state index contributed by atoms with van der Waals surface area (Å²) in [5.41, 5.74) is 0.664. The zero-order valence-electron chi connectivity index (χ0n) is 11.0. The van der Waals surface area contributed by atoms with Gasteiger partial charge in [-0.2, -0.15) is 0 Å². The minimum atomic E-state index is -1.07. The van der Waals surface area contributed by atoms with Gasteiger partial charge in [0.2, 0.25) is 0 Å². The Morgan fingerprint density at radius 1 is 1.50 bits per heavy atom. The lowest BCUT2D eigenvalue weighted by atomic mass is 10.1.